The largest absolute Gasteiger partial charge is 0.396 e. The summed E-state index contributed by atoms with van der Waals surface area (Å²) < 4.78 is 12.8. The smallest absolute Gasteiger partial charge is 0.150 e. The summed E-state index contributed by atoms with van der Waals surface area (Å²) in [4.78, 5) is 10.6. The van der Waals surface area contributed by atoms with Gasteiger partial charge in [0, 0.05) is 18.1 Å². The maximum absolute atomic E-state index is 12.8. The first-order chi connectivity index (χ1) is 6.19. The molecule has 0 saturated carbocycles. The number of aliphatic hydroxyl groups is 1. The Morgan fingerprint density at radius 3 is 2.85 bits per heavy atom. The van der Waals surface area contributed by atoms with Gasteiger partial charge in [0.2, 0.25) is 0 Å². The van der Waals surface area contributed by atoms with Gasteiger partial charge in [0.1, 0.15) is 12.1 Å². The Kier molecular flexibility index (Phi) is 3.14. The molecule has 0 spiro atoms. The van der Waals surface area contributed by atoms with Crippen molar-refractivity contribution in [2.75, 3.05) is 6.61 Å². The highest BCUT2D eigenvalue weighted by atomic mass is 19.1. The minimum Gasteiger partial charge on any atom is -0.396 e. The molecule has 2 nitrogen and oxygen atoms in total. The second-order valence-electron chi connectivity index (χ2n) is 2.97. The van der Waals surface area contributed by atoms with Crippen LogP contribution in [0.1, 0.15) is 28.8 Å². The first-order valence-electron chi connectivity index (χ1n) is 4.04. The SMILES string of the molecule is CC(CO)c1cc(F)ccc1C=O. The Balaban J connectivity index is 3.15. The van der Waals surface area contributed by atoms with Gasteiger partial charge in [-0.1, -0.05) is 6.92 Å². The van der Waals surface area contributed by atoms with E-state index in [-0.39, 0.29) is 18.3 Å². The minimum atomic E-state index is -0.388. The Morgan fingerprint density at radius 2 is 2.31 bits per heavy atom. The first-order valence-corrected chi connectivity index (χ1v) is 4.04. The molecule has 1 N–H and O–H groups in total. The van der Waals surface area contributed by atoms with E-state index in [1.807, 2.05) is 0 Å². The predicted octanol–water partition coefficient (Wildman–Crippen LogP) is 1.73. The lowest BCUT2D eigenvalue weighted by Crippen LogP contribution is -2.03. The van der Waals surface area contributed by atoms with E-state index in [0.29, 0.717) is 17.4 Å². The molecule has 0 fully saturated rings. The Bertz CT molecular complexity index is 310. The quantitative estimate of drug-likeness (QED) is 0.723. The van der Waals surface area contributed by atoms with Crippen LogP contribution in [0.25, 0.3) is 0 Å². The van der Waals surface area contributed by atoms with Crippen molar-refractivity contribution in [2.45, 2.75) is 12.8 Å². The molecule has 0 amide bonds. The number of halogens is 1. The first kappa shape index (κ1) is 9.86. The molecule has 0 aliphatic heterocycles. The van der Waals surface area contributed by atoms with Gasteiger partial charge in [0.05, 0.1) is 0 Å². The molecule has 0 aliphatic rings. The van der Waals surface area contributed by atoms with Crippen LogP contribution in [0.15, 0.2) is 18.2 Å². The molecule has 70 valence electrons. The lowest BCUT2D eigenvalue weighted by Gasteiger charge is -2.10. The maximum Gasteiger partial charge on any atom is 0.150 e. The fourth-order valence-corrected chi connectivity index (χ4v) is 1.18. The van der Waals surface area contributed by atoms with Gasteiger partial charge in [-0.3, -0.25) is 4.79 Å². The number of carbonyl (C=O) groups excluding carboxylic acids is 1. The van der Waals surface area contributed by atoms with Crippen LogP contribution in [0.4, 0.5) is 4.39 Å². The molecule has 1 rings (SSSR count). The van der Waals surface area contributed by atoms with E-state index in [2.05, 4.69) is 0 Å². The van der Waals surface area contributed by atoms with Crippen molar-refractivity contribution in [3.05, 3.63) is 35.1 Å². The van der Waals surface area contributed by atoms with Gasteiger partial charge in [-0.2, -0.15) is 0 Å². The van der Waals surface area contributed by atoms with Crippen LogP contribution in [0.3, 0.4) is 0 Å². The number of aliphatic hydroxyl groups excluding tert-OH is 1. The summed E-state index contributed by atoms with van der Waals surface area (Å²) in [6.07, 6.45) is 0.668. The van der Waals surface area contributed by atoms with Crippen LogP contribution in [0, 0.1) is 5.82 Å². The van der Waals surface area contributed by atoms with E-state index >= 15 is 0 Å². The third kappa shape index (κ3) is 2.12. The van der Waals surface area contributed by atoms with E-state index in [9.17, 15) is 9.18 Å². The zero-order valence-electron chi connectivity index (χ0n) is 7.33. The van der Waals surface area contributed by atoms with Crippen LogP contribution in [0.5, 0.6) is 0 Å². The molecule has 0 saturated heterocycles. The van der Waals surface area contributed by atoms with Crippen molar-refractivity contribution in [3.8, 4) is 0 Å². The molecule has 1 atom stereocenters. The molecule has 0 radical (unpaired) electrons. The summed E-state index contributed by atoms with van der Waals surface area (Å²) in [5.74, 6) is -0.600. The molecule has 1 aromatic carbocycles. The maximum atomic E-state index is 12.8. The zero-order chi connectivity index (χ0) is 9.84. The number of hydrogen-bond donors (Lipinski definition) is 1. The summed E-state index contributed by atoms with van der Waals surface area (Å²) in [5, 5.41) is 8.86. The van der Waals surface area contributed by atoms with Gasteiger partial charge in [-0.05, 0) is 23.8 Å². The average molecular weight is 182 g/mol. The fourth-order valence-electron chi connectivity index (χ4n) is 1.18. The molecule has 13 heavy (non-hydrogen) atoms. The van der Waals surface area contributed by atoms with Crippen LogP contribution < -0.4 is 0 Å². The number of hydrogen-bond acceptors (Lipinski definition) is 2. The third-order valence-electron chi connectivity index (χ3n) is 1.98. The summed E-state index contributed by atoms with van der Waals surface area (Å²) in [7, 11) is 0. The van der Waals surface area contributed by atoms with Gasteiger partial charge in [0.15, 0.2) is 0 Å². The molecule has 0 bridgehead atoms. The van der Waals surface area contributed by atoms with Gasteiger partial charge in [-0.15, -0.1) is 0 Å². The molecule has 0 heterocycles. The van der Waals surface area contributed by atoms with E-state index in [0.717, 1.165) is 0 Å². The number of aldehydes is 1. The number of benzene rings is 1. The van der Waals surface area contributed by atoms with E-state index < -0.39 is 0 Å². The Labute approximate surface area is 76.0 Å². The van der Waals surface area contributed by atoms with Crippen molar-refractivity contribution in [1.29, 1.82) is 0 Å². The van der Waals surface area contributed by atoms with Gasteiger partial charge in [-0.25, -0.2) is 4.39 Å². The summed E-state index contributed by atoms with van der Waals surface area (Å²) in [5.41, 5.74) is 0.987. The lowest BCUT2D eigenvalue weighted by molar-refractivity contribution is 0.112. The summed E-state index contributed by atoms with van der Waals surface area (Å²) >= 11 is 0. The molecule has 1 unspecified atom stereocenters. The van der Waals surface area contributed by atoms with Crippen LogP contribution >= 0.6 is 0 Å². The fraction of sp³-hybridized carbons (Fsp3) is 0.300. The van der Waals surface area contributed by atoms with Crippen LogP contribution in [0.2, 0.25) is 0 Å². The van der Waals surface area contributed by atoms with Gasteiger partial charge in [0.25, 0.3) is 0 Å². The highest BCUT2D eigenvalue weighted by molar-refractivity contribution is 5.77. The monoisotopic (exact) mass is 182 g/mol. The summed E-state index contributed by atoms with van der Waals surface area (Å²) in [6, 6.07) is 3.94. The average Bonchev–Trinajstić information content (AvgIpc) is 2.16. The molecule has 0 aromatic heterocycles. The highest BCUT2D eigenvalue weighted by Crippen LogP contribution is 2.19. The standard InChI is InChI=1S/C10H11FO2/c1-7(5-12)10-4-9(11)3-2-8(10)6-13/h2-4,6-7,12H,5H2,1H3. The Morgan fingerprint density at radius 1 is 1.62 bits per heavy atom. The van der Waals surface area contributed by atoms with Crippen LogP contribution in [-0.2, 0) is 0 Å². The van der Waals surface area contributed by atoms with E-state index in [4.69, 9.17) is 5.11 Å². The second-order valence-corrected chi connectivity index (χ2v) is 2.97. The zero-order valence-corrected chi connectivity index (χ0v) is 7.33. The molecular weight excluding hydrogens is 171 g/mol. The van der Waals surface area contributed by atoms with Gasteiger partial charge >= 0.3 is 0 Å². The third-order valence-corrected chi connectivity index (χ3v) is 1.98. The van der Waals surface area contributed by atoms with Crippen molar-refractivity contribution in [2.24, 2.45) is 0 Å². The number of carbonyl (C=O) groups is 1. The molecule has 3 heteroatoms. The predicted molar refractivity (Wildman–Crippen MR) is 47.3 cm³/mol. The minimum absolute atomic E-state index is 0.0930. The van der Waals surface area contributed by atoms with E-state index in [1.165, 1.54) is 18.2 Å². The van der Waals surface area contributed by atoms with E-state index in [1.54, 1.807) is 6.92 Å². The number of rotatable bonds is 3. The highest BCUT2D eigenvalue weighted by Gasteiger charge is 2.09. The van der Waals surface area contributed by atoms with Crippen molar-refractivity contribution < 1.29 is 14.3 Å². The topological polar surface area (TPSA) is 37.3 Å². The molecule has 0 aliphatic carbocycles. The normalized spacial score (nSPS) is 12.5. The molecule has 1 aromatic rings. The van der Waals surface area contributed by atoms with Crippen molar-refractivity contribution in [1.82, 2.24) is 0 Å². The second kappa shape index (κ2) is 4.14. The van der Waals surface area contributed by atoms with Crippen LogP contribution in [-0.4, -0.2) is 18.0 Å². The van der Waals surface area contributed by atoms with Crippen molar-refractivity contribution >= 4 is 6.29 Å². The van der Waals surface area contributed by atoms with Crippen molar-refractivity contribution in [3.63, 3.8) is 0 Å². The summed E-state index contributed by atoms with van der Waals surface area (Å²) in [6.45, 7) is 1.64. The lowest BCUT2D eigenvalue weighted by atomic mass is 9.97. The van der Waals surface area contributed by atoms with Gasteiger partial charge < -0.3 is 5.11 Å². The molecular formula is C10H11FO2. The Hall–Kier alpha value is -1.22.